The topological polar surface area (TPSA) is 91.9 Å². The van der Waals surface area contributed by atoms with Crippen molar-refractivity contribution in [3.8, 4) is 5.75 Å². The highest BCUT2D eigenvalue weighted by atomic mass is 35.5. The van der Waals surface area contributed by atoms with Crippen LogP contribution in [0, 0.1) is 11.2 Å². The van der Waals surface area contributed by atoms with Gasteiger partial charge in [0.2, 0.25) is 11.8 Å². The van der Waals surface area contributed by atoms with Gasteiger partial charge in [-0.1, -0.05) is 62.2 Å². The maximum absolute atomic E-state index is 16.0. The summed E-state index contributed by atoms with van der Waals surface area (Å²) in [4.78, 5) is 30.9. The molecular weight excluding hydrogens is 618 g/mol. The summed E-state index contributed by atoms with van der Waals surface area (Å²) in [6, 6.07) is 14.0. The van der Waals surface area contributed by atoms with Gasteiger partial charge in [-0.3, -0.25) is 9.59 Å². The molecule has 45 heavy (non-hydrogen) atoms. The Bertz CT molecular complexity index is 1640. The minimum atomic E-state index is -1.34. The van der Waals surface area contributed by atoms with Gasteiger partial charge in [-0.25, -0.2) is 4.39 Å². The molecule has 3 aliphatic heterocycles. The van der Waals surface area contributed by atoms with Gasteiger partial charge < -0.3 is 30.3 Å². The highest BCUT2D eigenvalue weighted by Crippen LogP contribution is 2.57. The largest absolute Gasteiger partial charge is 0.494 e. The summed E-state index contributed by atoms with van der Waals surface area (Å²) >= 11 is 12.7. The van der Waals surface area contributed by atoms with Crippen LogP contribution in [0.2, 0.25) is 10.0 Å². The van der Waals surface area contributed by atoms with E-state index in [0.29, 0.717) is 47.3 Å². The fourth-order valence-electron chi connectivity index (χ4n) is 7.16. The summed E-state index contributed by atoms with van der Waals surface area (Å²) < 4.78 is 27.2. The van der Waals surface area contributed by atoms with Gasteiger partial charge in [0.15, 0.2) is 0 Å². The summed E-state index contributed by atoms with van der Waals surface area (Å²) in [5.74, 6) is -1.89. The van der Waals surface area contributed by atoms with Gasteiger partial charge in [-0.2, -0.15) is 0 Å². The lowest BCUT2D eigenvalue weighted by Crippen LogP contribution is -2.49. The van der Waals surface area contributed by atoms with Crippen LogP contribution in [0.4, 0.5) is 21.5 Å². The van der Waals surface area contributed by atoms with E-state index in [-0.39, 0.29) is 21.9 Å². The summed E-state index contributed by atoms with van der Waals surface area (Å²) in [6.07, 6.45) is 0.516. The van der Waals surface area contributed by atoms with E-state index in [4.69, 9.17) is 32.7 Å². The third-order valence-electron chi connectivity index (χ3n) is 9.04. The van der Waals surface area contributed by atoms with Crippen LogP contribution in [-0.4, -0.2) is 57.3 Å². The Labute approximate surface area is 272 Å². The summed E-state index contributed by atoms with van der Waals surface area (Å²) in [7, 11) is 1.55. The molecule has 1 spiro atoms. The zero-order valence-electron chi connectivity index (χ0n) is 25.7. The van der Waals surface area contributed by atoms with E-state index in [2.05, 4.69) is 41.6 Å². The van der Waals surface area contributed by atoms with Crippen LogP contribution in [0.25, 0.3) is 0 Å². The third-order valence-corrected chi connectivity index (χ3v) is 9.57. The van der Waals surface area contributed by atoms with Gasteiger partial charge >= 0.3 is 0 Å². The Kier molecular flexibility index (Phi) is 8.50. The average molecular weight is 656 g/mol. The maximum Gasteiger partial charge on any atom is 0.242 e. The molecule has 2 amide bonds. The van der Waals surface area contributed by atoms with Crippen molar-refractivity contribution in [2.24, 2.45) is 5.41 Å². The molecule has 3 aromatic carbocycles. The molecule has 0 aliphatic carbocycles. The van der Waals surface area contributed by atoms with E-state index in [0.717, 1.165) is 18.8 Å². The van der Waals surface area contributed by atoms with Crippen LogP contribution < -0.4 is 25.6 Å². The van der Waals surface area contributed by atoms with Gasteiger partial charge in [0, 0.05) is 47.5 Å². The third kappa shape index (κ3) is 5.65. The number of carbonyl (C=O) groups excluding carboxylic acids is 2. The Morgan fingerprint density at radius 1 is 1.13 bits per heavy atom. The van der Waals surface area contributed by atoms with E-state index in [1.54, 1.807) is 43.5 Å². The van der Waals surface area contributed by atoms with E-state index < -0.39 is 35.1 Å². The molecule has 3 aliphatic rings. The number of methoxy groups -OCH3 is 1. The van der Waals surface area contributed by atoms with Crippen LogP contribution in [0.15, 0.2) is 54.6 Å². The highest BCUT2D eigenvalue weighted by molar-refractivity contribution is 6.31. The normalized spacial score (nSPS) is 24.5. The number of hydrogen-bond donors (Lipinski definition) is 3. The molecule has 11 heteroatoms. The fourth-order valence-corrected chi connectivity index (χ4v) is 7.52. The molecule has 8 nitrogen and oxygen atoms in total. The summed E-state index contributed by atoms with van der Waals surface area (Å²) in [5.41, 5.74) is 1.20. The molecule has 2 saturated heterocycles. The number of anilines is 3. The number of halogens is 3. The summed E-state index contributed by atoms with van der Waals surface area (Å²) in [6.45, 7) is 8.98. The molecule has 238 valence electrons. The Morgan fingerprint density at radius 2 is 1.89 bits per heavy atom. The van der Waals surface area contributed by atoms with Crippen molar-refractivity contribution >= 4 is 52.1 Å². The number of carbonyl (C=O) groups is 2. The lowest BCUT2D eigenvalue weighted by molar-refractivity contribution is -0.122. The number of morpholine rings is 1. The van der Waals surface area contributed by atoms with Gasteiger partial charge in [0.25, 0.3) is 0 Å². The number of fused-ring (bicyclic) bond motifs is 2. The number of benzene rings is 3. The monoisotopic (exact) mass is 654 g/mol. The second-order valence-electron chi connectivity index (χ2n) is 13.1. The molecule has 3 N–H and O–H groups in total. The van der Waals surface area contributed by atoms with Crippen molar-refractivity contribution in [2.75, 3.05) is 48.9 Å². The standard InChI is InChI=1S/C34H37Cl2FN4O4/c1-33(2,3)18-27-34(22-10-8-19(35)16-25(22)39-32(34)43)28(21-6-5-7-23(36)29(21)37)30(40-27)31(42)38-24-11-9-20(17-26(24)44-4)41-12-14-45-15-13-41/h5-11,16-17,27-28,30,40H,12-15,18H2,1-4H3,(H,38,42)(H,39,43). The van der Waals surface area contributed by atoms with E-state index in [9.17, 15) is 9.59 Å². The highest BCUT2D eigenvalue weighted by Gasteiger charge is 2.66. The van der Waals surface area contributed by atoms with E-state index in [1.165, 1.54) is 6.07 Å². The van der Waals surface area contributed by atoms with E-state index in [1.807, 2.05) is 12.1 Å². The first-order valence-corrected chi connectivity index (χ1v) is 15.8. The average Bonchev–Trinajstić information content (AvgIpc) is 3.48. The van der Waals surface area contributed by atoms with Crippen molar-refractivity contribution < 1.29 is 23.5 Å². The molecule has 0 bridgehead atoms. The predicted molar refractivity (Wildman–Crippen MR) is 175 cm³/mol. The van der Waals surface area contributed by atoms with Crippen molar-refractivity contribution in [3.05, 3.63) is 81.6 Å². The lowest BCUT2D eigenvalue weighted by Gasteiger charge is -2.37. The van der Waals surface area contributed by atoms with Crippen molar-refractivity contribution in [2.45, 2.75) is 50.6 Å². The van der Waals surface area contributed by atoms with Crippen molar-refractivity contribution in [1.29, 1.82) is 0 Å². The first kappa shape index (κ1) is 31.6. The molecule has 0 saturated carbocycles. The second kappa shape index (κ2) is 12.1. The molecule has 4 unspecified atom stereocenters. The van der Waals surface area contributed by atoms with Crippen LogP contribution >= 0.6 is 23.2 Å². The van der Waals surface area contributed by atoms with Crippen LogP contribution in [0.5, 0.6) is 5.75 Å². The fraction of sp³-hybridized carbons (Fsp3) is 0.412. The predicted octanol–water partition coefficient (Wildman–Crippen LogP) is 6.37. The van der Waals surface area contributed by atoms with Gasteiger partial charge in [-0.05, 0) is 53.3 Å². The Balaban J connectivity index is 1.46. The minimum Gasteiger partial charge on any atom is -0.494 e. The first-order chi connectivity index (χ1) is 21.4. The Morgan fingerprint density at radius 3 is 2.60 bits per heavy atom. The SMILES string of the molecule is COc1cc(N2CCOCC2)ccc1NC(=O)C1NC(CC(C)(C)C)C2(C(=O)Nc3cc(Cl)ccc32)C1c1cccc(Cl)c1F. The quantitative estimate of drug-likeness (QED) is 0.286. The van der Waals surface area contributed by atoms with Gasteiger partial charge in [0.05, 0.1) is 37.1 Å². The number of amides is 2. The number of ether oxygens (including phenoxy) is 2. The summed E-state index contributed by atoms with van der Waals surface area (Å²) in [5, 5.41) is 9.90. The molecule has 6 rings (SSSR count). The van der Waals surface area contributed by atoms with Crippen molar-refractivity contribution in [3.63, 3.8) is 0 Å². The van der Waals surface area contributed by atoms with Gasteiger partial charge in [0.1, 0.15) is 17.0 Å². The molecule has 3 aromatic rings. The zero-order chi connectivity index (χ0) is 32.1. The molecule has 0 aromatic heterocycles. The molecule has 0 radical (unpaired) electrons. The zero-order valence-corrected chi connectivity index (χ0v) is 27.2. The molecule has 3 heterocycles. The minimum absolute atomic E-state index is 0.0869. The smallest absolute Gasteiger partial charge is 0.242 e. The number of hydrogen-bond acceptors (Lipinski definition) is 6. The van der Waals surface area contributed by atoms with Crippen molar-refractivity contribution in [1.82, 2.24) is 5.32 Å². The number of rotatable bonds is 6. The first-order valence-electron chi connectivity index (χ1n) is 15.1. The van der Waals surface area contributed by atoms with Gasteiger partial charge in [-0.15, -0.1) is 0 Å². The lowest BCUT2D eigenvalue weighted by atomic mass is 9.62. The molecular formula is C34H37Cl2FN4O4. The van der Waals surface area contributed by atoms with E-state index >= 15 is 4.39 Å². The molecule has 2 fully saturated rings. The Hall–Kier alpha value is -3.37. The number of nitrogens with one attached hydrogen (secondary N) is 3. The number of nitrogens with zero attached hydrogens (tertiary/aromatic N) is 1. The van der Waals surface area contributed by atoms with Crippen LogP contribution in [-0.2, 0) is 19.7 Å². The molecule has 4 atom stereocenters. The van der Waals surface area contributed by atoms with Crippen LogP contribution in [0.3, 0.4) is 0 Å². The van der Waals surface area contributed by atoms with Crippen LogP contribution in [0.1, 0.15) is 44.2 Å². The second-order valence-corrected chi connectivity index (χ2v) is 13.9. The maximum atomic E-state index is 16.0.